The highest BCUT2D eigenvalue weighted by Crippen LogP contribution is 2.21. The summed E-state index contributed by atoms with van der Waals surface area (Å²) in [4.78, 5) is 1.85. The summed E-state index contributed by atoms with van der Waals surface area (Å²) in [5.41, 5.74) is 0.769. The normalized spacial score (nSPS) is 26.2. The minimum atomic E-state index is -0.720. The van der Waals surface area contributed by atoms with E-state index in [0.717, 1.165) is 5.56 Å². The zero-order valence-electron chi connectivity index (χ0n) is 10.4. The molecule has 1 saturated heterocycles. The Kier molecular flexibility index (Phi) is 4.19. The van der Waals surface area contributed by atoms with Gasteiger partial charge < -0.3 is 20.1 Å². The molecule has 18 heavy (non-hydrogen) atoms. The number of likely N-dealkylation sites (tertiary alicyclic amines) is 1. The number of aliphatic hydroxyl groups excluding tert-OH is 3. The van der Waals surface area contributed by atoms with E-state index in [1.54, 1.807) is 13.2 Å². The summed E-state index contributed by atoms with van der Waals surface area (Å²) in [5, 5.41) is 29.0. The topological polar surface area (TPSA) is 73.2 Å². The van der Waals surface area contributed by atoms with Crippen molar-refractivity contribution in [1.29, 1.82) is 0 Å². The second-order valence-electron chi connectivity index (χ2n) is 4.65. The zero-order valence-corrected chi connectivity index (χ0v) is 10.4. The molecule has 0 bridgehead atoms. The lowest BCUT2D eigenvalue weighted by atomic mass is 10.1. The van der Waals surface area contributed by atoms with Crippen LogP contribution in [0.5, 0.6) is 5.75 Å². The lowest BCUT2D eigenvalue weighted by Crippen LogP contribution is -2.27. The van der Waals surface area contributed by atoms with Gasteiger partial charge >= 0.3 is 0 Å². The fourth-order valence-corrected chi connectivity index (χ4v) is 2.19. The molecule has 1 aromatic rings. The summed E-state index contributed by atoms with van der Waals surface area (Å²) in [6.07, 6.45) is -2.09. The second kappa shape index (κ2) is 5.67. The van der Waals surface area contributed by atoms with E-state index >= 15 is 0 Å². The Labute approximate surface area is 106 Å². The number of aliphatic hydroxyl groups is 3. The number of rotatable bonds is 4. The van der Waals surface area contributed by atoms with Crippen LogP contribution in [0, 0.1) is 0 Å². The summed E-state index contributed by atoms with van der Waals surface area (Å²) >= 11 is 0. The van der Waals surface area contributed by atoms with Crippen molar-refractivity contribution in [3.8, 4) is 5.75 Å². The van der Waals surface area contributed by atoms with E-state index in [2.05, 4.69) is 0 Å². The largest absolute Gasteiger partial charge is 0.497 e. The Morgan fingerprint density at radius 3 is 2.61 bits per heavy atom. The molecular weight excluding hydrogens is 234 g/mol. The third-order valence-electron chi connectivity index (χ3n) is 3.24. The zero-order chi connectivity index (χ0) is 13.1. The molecule has 1 aliphatic rings. The average molecular weight is 253 g/mol. The quantitative estimate of drug-likeness (QED) is 0.691. The van der Waals surface area contributed by atoms with Gasteiger partial charge in [-0.1, -0.05) is 12.1 Å². The van der Waals surface area contributed by atoms with Crippen molar-refractivity contribution in [2.45, 2.75) is 18.3 Å². The van der Waals surface area contributed by atoms with Crippen molar-refractivity contribution in [3.63, 3.8) is 0 Å². The van der Waals surface area contributed by atoms with Gasteiger partial charge in [0.25, 0.3) is 0 Å². The highest BCUT2D eigenvalue weighted by atomic mass is 16.5. The maximum absolute atomic E-state index is 10.1. The van der Waals surface area contributed by atoms with Gasteiger partial charge in [0.2, 0.25) is 0 Å². The molecule has 1 heterocycles. The number of hydrogen-bond donors (Lipinski definition) is 3. The first-order valence-corrected chi connectivity index (χ1v) is 6.00. The van der Waals surface area contributed by atoms with Crippen LogP contribution in [-0.4, -0.2) is 59.2 Å². The summed E-state index contributed by atoms with van der Waals surface area (Å²) in [6, 6.07) is 7.26. The van der Waals surface area contributed by atoms with Gasteiger partial charge in [-0.2, -0.15) is 0 Å². The number of benzene rings is 1. The lowest BCUT2D eigenvalue weighted by molar-refractivity contribution is 0.0572. The summed E-state index contributed by atoms with van der Waals surface area (Å²) in [7, 11) is 1.58. The molecule has 0 radical (unpaired) electrons. The molecule has 3 atom stereocenters. The first-order valence-electron chi connectivity index (χ1n) is 6.00. The van der Waals surface area contributed by atoms with Gasteiger partial charge in [-0.15, -0.1) is 0 Å². The van der Waals surface area contributed by atoms with Gasteiger partial charge in [-0.3, -0.25) is 4.90 Å². The monoisotopic (exact) mass is 253 g/mol. The van der Waals surface area contributed by atoms with Crippen LogP contribution in [0.25, 0.3) is 0 Å². The molecule has 0 saturated carbocycles. The van der Waals surface area contributed by atoms with Crippen molar-refractivity contribution in [3.05, 3.63) is 29.8 Å². The van der Waals surface area contributed by atoms with Crippen LogP contribution in [0.1, 0.15) is 11.7 Å². The van der Waals surface area contributed by atoms with Gasteiger partial charge in [-0.05, 0) is 17.7 Å². The van der Waals surface area contributed by atoms with E-state index in [4.69, 9.17) is 4.74 Å². The van der Waals surface area contributed by atoms with E-state index in [0.29, 0.717) is 25.4 Å². The van der Waals surface area contributed by atoms with E-state index < -0.39 is 18.3 Å². The third kappa shape index (κ3) is 3.00. The lowest BCUT2D eigenvalue weighted by Gasteiger charge is -2.19. The average Bonchev–Trinajstić information content (AvgIpc) is 2.68. The van der Waals surface area contributed by atoms with Gasteiger partial charge in [0, 0.05) is 19.6 Å². The predicted molar refractivity (Wildman–Crippen MR) is 66.4 cm³/mol. The van der Waals surface area contributed by atoms with E-state index in [9.17, 15) is 15.3 Å². The van der Waals surface area contributed by atoms with Gasteiger partial charge in [0.15, 0.2) is 0 Å². The molecule has 5 heteroatoms. The van der Waals surface area contributed by atoms with Crippen molar-refractivity contribution < 1.29 is 20.1 Å². The van der Waals surface area contributed by atoms with Crippen LogP contribution in [0.15, 0.2) is 24.3 Å². The maximum atomic E-state index is 10.1. The van der Waals surface area contributed by atoms with Crippen molar-refractivity contribution in [1.82, 2.24) is 4.90 Å². The van der Waals surface area contributed by atoms with Crippen LogP contribution in [0.2, 0.25) is 0 Å². The number of nitrogens with zero attached hydrogens (tertiary/aromatic N) is 1. The number of hydrogen-bond acceptors (Lipinski definition) is 5. The second-order valence-corrected chi connectivity index (χ2v) is 4.65. The van der Waals surface area contributed by atoms with Gasteiger partial charge in [0.1, 0.15) is 5.75 Å². The predicted octanol–water partition coefficient (Wildman–Crippen LogP) is -0.234. The Morgan fingerprint density at radius 1 is 1.33 bits per heavy atom. The van der Waals surface area contributed by atoms with Crippen molar-refractivity contribution in [2.24, 2.45) is 0 Å². The van der Waals surface area contributed by atoms with Gasteiger partial charge in [-0.25, -0.2) is 0 Å². The number of ether oxygens (including phenoxy) is 1. The van der Waals surface area contributed by atoms with Crippen LogP contribution < -0.4 is 4.74 Å². The molecule has 100 valence electrons. The summed E-state index contributed by atoms with van der Waals surface area (Å²) in [5.74, 6) is 0.702. The van der Waals surface area contributed by atoms with Crippen LogP contribution in [-0.2, 0) is 0 Å². The van der Waals surface area contributed by atoms with Crippen LogP contribution in [0.3, 0.4) is 0 Å². The molecule has 5 nitrogen and oxygen atoms in total. The van der Waals surface area contributed by atoms with Gasteiger partial charge in [0.05, 0.1) is 25.4 Å². The fraction of sp³-hybridized carbons (Fsp3) is 0.538. The Hall–Kier alpha value is -1.14. The molecule has 0 aliphatic carbocycles. The molecule has 0 spiro atoms. The Morgan fingerprint density at radius 2 is 2.00 bits per heavy atom. The number of β-amino-alcohol motifs (C(OH)–C–C–N with tert-alkyl or cyclic N) is 3. The van der Waals surface area contributed by atoms with Crippen LogP contribution >= 0.6 is 0 Å². The molecule has 1 aliphatic heterocycles. The molecule has 1 aromatic carbocycles. The standard InChI is InChI=1S/C13H19NO4/c1-18-10-4-2-3-9(5-10)11(15)6-14-7-12(16)13(17)8-14/h2-5,11-13,15-17H,6-8H2,1H3/t11?,12-,13+. The molecular formula is C13H19NO4. The first-order chi connectivity index (χ1) is 8.60. The molecule has 1 unspecified atom stereocenters. The molecule has 3 N–H and O–H groups in total. The minimum absolute atomic E-state index is 0.390. The smallest absolute Gasteiger partial charge is 0.119 e. The SMILES string of the molecule is COc1cccc(C(O)CN2C[C@@H](O)[C@@H](O)C2)c1. The molecule has 1 fully saturated rings. The molecule has 0 amide bonds. The number of methoxy groups -OCH3 is 1. The maximum Gasteiger partial charge on any atom is 0.119 e. The van der Waals surface area contributed by atoms with E-state index in [1.807, 2.05) is 23.1 Å². The van der Waals surface area contributed by atoms with Crippen LogP contribution in [0.4, 0.5) is 0 Å². The third-order valence-corrected chi connectivity index (χ3v) is 3.24. The minimum Gasteiger partial charge on any atom is -0.497 e. The Bertz CT molecular complexity index is 388. The van der Waals surface area contributed by atoms with Crippen molar-refractivity contribution >= 4 is 0 Å². The molecule has 0 aromatic heterocycles. The molecule has 2 rings (SSSR count). The van der Waals surface area contributed by atoms with Crippen molar-refractivity contribution in [2.75, 3.05) is 26.7 Å². The highest BCUT2D eigenvalue weighted by Gasteiger charge is 2.30. The fourth-order valence-electron chi connectivity index (χ4n) is 2.19. The highest BCUT2D eigenvalue weighted by molar-refractivity contribution is 5.29. The van der Waals surface area contributed by atoms with E-state index in [1.165, 1.54) is 0 Å². The first kappa shape index (κ1) is 13.3. The Balaban J connectivity index is 1.97. The summed E-state index contributed by atoms with van der Waals surface area (Å²) < 4.78 is 5.10. The van der Waals surface area contributed by atoms with E-state index in [-0.39, 0.29) is 0 Å². The summed E-state index contributed by atoms with van der Waals surface area (Å²) in [6.45, 7) is 1.17.